The Labute approximate surface area is 126 Å². The number of nitrogens with one attached hydrogen (secondary N) is 1. The number of ether oxygens (including phenoxy) is 1. The molecule has 7 heteroatoms. The van der Waals surface area contributed by atoms with Gasteiger partial charge in [-0.05, 0) is 25.0 Å². The fraction of sp³-hybridized carbons (Fsp3) is 0.571. The van der Waals surface area contributed by atoms with Crippen LogP contribution < -0.4 is 15.2 Å². The van der Waals surface area contributed by atoms with Crippen LogP contribution in [0.5, 0.6) is 5.75 Å². The molecule has 6 nitrogen and oxygen atoms in total. The van der Waals surface area contributed by atoms with Crippen molar-refractivity contribution in [3.8, 4) is 5.75 Å². The van der Waals surface area contributed by atoms with E-state index in [9.17, 15) is 13.5 Å². The van der Waals surface area contributed by atoms with E-state index in [0.29, 0.717) is 24.3 Å². The quantitative estimate of drug-likeness (QED) is 0.593. The van der Waals surface area contributed by atoms with Crippen LogP contribution in [0.4, 0.5) is 5.69 Å². The normalized spacial score (nSPS) is 12.3. The average Bonchev–Trinajstić information content (AvgIpc) is 2.45. The summed E-state index contributed by atoms with van der Waals surface area (Å²) < 4.78 is 31.4. The molecule has 0 heterocycles. The third kappa shape index (κ3) is 6.33. The van der Waals surface area contributed by atoms with Crippen LogP contribution in [0.3, 0.4) is 0 Å². The summed E-state index contributed by atoms with van der Waals surface area (Å²) in [6.07, 6.45) is 0.984. The van der Waals surface area contributed by atoms with Gasteiger partial charge in [0.1, 0.15) is 12.4 Å². The molecule has 0 radical (unpaired) electrons. The van der Waals surface area contributed by atoms with E-state index in [4.69, 9.17) is 10.5 Å². The number of nitrogen functional groups attached to an aromatic ring is 1. The molecule has 0 aromatic heterocycles. The van der Waals surface area contributed by atoms with Crippen LogP contribution in [0.1, 0.15) is 26.7 Å². The molecule has 0 spiro atoms. The zero-order valence-electron chi connectivity index (χ0n) is 12.5. The van der Waals surface area contributed by atoms with Crippen LogP contribution in [0.2, 0.25) is 0 Å². The van der Waals surface area contributed by atoms with E-state index in [1.54, 1.807) is 24.3 Å². The van der Waals surface area contributed by atoms with Crippen molar-refractivity contribution in [1.29, 1.82) is 0 Å². The van der Waals surface area contributed by atoms with Crippen LogP contribution in [-0.2, 0) is 10.0 Å². The summed E-state index contributed by atoms with van der Waals surface area (Å²) in [6.45, 7) is 3.68. The lowest BCUT2D eigenvalue weighted by Crippen LogP contribution is -2.43. The second kappa shape index (κ2) is 7.63. The van der Waals surface area contributed by atoms with Gasteiger partial charge in [-0.25, -0.2) is 13.1 Å². The smallest absolute Gasteiger partial charge is 0.215 e. The highest BCUT2D eigenvalue weighted by Gasteiger charge is 2.24. The lowest BCUT2D eigenvalue weighted by molar-refractivity contribution is 0.0377. The van der Waals surface area contributed by atoms with E-state index in [-0.39, 0.29) is 18.9 Å². The zero-order valence-corrected chi connectivity index (χ0v) is 13.3. The molecule has 120 valence electrons. The molecule has 1 aromatic rings. The van der Waals surface area contributed by atoms with Crippen LogP contribution >= 0.6 is 0 Å². The van der Waals surface area contributed by atoms with Crippen molar-refractivity contribution in [2.24, 2.45) is 0 Å². The minimum Gasteiger partial charge on any atom is -0.492 e. The van der Waals surface area contributed by atoms with E-state index in [1.807, 2.05) is 13.8 Å². The third-order valence-corrected chi connectivity index (χ3v) is 4.70. The summed E-state index contributed by atoms with van der Waals surface area (Å²) in [5.41, 5.74) is 5.17. The number of hydrogen-bond donors (Lipinski definition) is 3. The van der Waals surface area contributed by atoms with E-state index < -0.39 is 15.6 Å². The van der Waals surface area contributed by atoms with Gasteiger partial charge in [0, 0.05) is 18.3 Å². The third-order valence-electron chi connectivity index (χ3n) is 3.42. The first-order valence-electron chi connectivity index (χ1n) is 6.98. The highest BCUT2D eigenvalue weighted by atomic mass is 32.2. The first kappa shape index (κ1) is 17.7. The molecule has 1 aromatic carbocycles. The number of nitrogens with two attached hydrogens (primary N) is 1. The van der Waals surface area contributed by atoms with Crippen molar-refractivity contribution in [3.05, 3.63) is 24.3 Å². The number of anilines is 1. The maximum Gasteiger partial charge on any atom is 0.215 e. The fourth-order valence-corrected chi connectivity index (χ4v) is 2.63. The topological polar surface area (TPSA) is 102 Å². The van der Waals surface area contributed by atoms with Crippen LogP contribution in [0, 0.1) is 0 Å². The molecule has 0 bridgehead atoms. The predicted octanol–water partition coefficient (Wildman–Crippen LogP) is 1.12. The highest BCUT2D eigenvalue weighted by molar-refractivity contribution is 7.89. The van der Waals surface area contributed by atoms with Crippen LogP contribution in [0.25, 0.3) is 0 Å². The van der Waals surface area contributed by atoms with Gasteiger partial charge in [-0.1, -0.05) is 19.9 Å². The average molecular weight is 316 g/mol. The molecule has 1 rings (SSSR count). The van der Waals surface area contributed by atoms with E-state index in [2.05, 4.69) is 4.72 Å². The molecule has 0 aliphatic carbocycles. The largest absolute Gasteiger partial charge is 0.492 e. The molecule has 0 unspecified atom stereocenters. The van der Waals surface area contributed by atoms with Crippen LogP contribution in [0.15, 0.2) is 24.3 Å². The molecule has 0 aliphatic rings. The Balaban J connectivity index is 2.43. The van der Waals surface area contributed by atoms with Crippen LogP contribution in [-0.4, -0.2) is 38.0 Å². The fourth-order valence-electron chi connectivity index (χ4n) is 1.69. The standard InChI is InChI=1S/C14H24N2O4S/c1-3-14(17,4-2)11-16-21(18,19)9-8-20-13-7-5-6-12(15)10-13/h5-7,10,16-17H,3-4,8-9,11,15H2,1-2H3. The van der Waals surface area contributed by atoms with Gasteiger partial charge in [-0.15, -0.1) is 0 Å². The SMILES string of the molecule is CCC(O)(CC)CNS(=O)(=O)CCOc1cccc(N)c1. The Morgan fingerprint density at radius 2 is 2.00 bits per heavy atom. The summed E-state index contributed by atoms with van der Waals surface area (Å²) in [7, 11) is -3.48. The van der Waals surface area contributed by atoms with Gasteiger partial charge in [0.2, 0.25) is 10.0 Å². The Hall–Kier alpha value is -1.31. The van der Waals surface area contributed by atoms with Gasteiger partial charge in [0.25, 0.3) is 0 Å². The number of benzene rings is 1. The molecule has 0 aliphatic heterocycles. The summed E-state index contributed by atoms with van der Waals surface area (Å²) in [5, 5.41) is 10.1. The molecule has 0 fully saturated rings. The Morgan fingerprint density at radius 1 is 1.33 bits per heavy atom. The molecular formula is C14H24N2O4S. The maximum absolute atomic E-state index is 11.8. The van der Waals surface area contributed by atoms with Gasteiger partial charge in [-0.2, -0.15) is 0 Å². The highest BCUT2D eigenvalue weighted by Crippen LogP contribution is 2.15. The first-order valence-corrected chi connectivity index (χ1v) is 8.63. The second-order valence-electron chi connectivity index (χ2n) is 4.99. The second-order valence-corrected chi connectivity index (χ2v) is 6.92. The van der Waals surface area contributed by atoms with Crippen molar-refractivity contribution >= 4 is 15.7 Å². The monoisotopic (exact) mass is 316 g/mol. The van der Waals surface area contributed by atoms with E-state index in [1.165, 1.54) is 0 Å². The Kier molecular flexibility index (Phi) is 6.44. The van der Waals surface area contributed by atoms with Crippen molar-refractivity contribution in [2.45, 2.75) is 32.3 Å². The lowest BCUT2D eigenvalue weighted by Gasteiger charge is -2.25. The van der Waals surface area contributed by atoms with Crippen molar-refractivity contribution < 1.29 is 18.3 Å². The molecular weight excluding hydrogens is 292 g/mol. The number of rotatable bonds is 9. The number of sulfonamides is 1. The van der Waals surface area contributed by atoms with Gasteiger partial charge in [0.15, 0.2) is 0 Å². The van der Waals surface area contributed by atoms with Crippen molar-refractivity contribution in [3.63, 3.8) is 0 Å². The van der Waals surface area contributed by atoms with Gasteiger partial charge < -0.3 is 15.6 Å². The van der Waals surface area contributed by atoms with Crippen molar-refractivity contribution in [1.82, 2.24) is 4.72 Å². The molecule has 0 amide bonds. The summed E-state index contributed by atoms with van der Waals surface area (Å²) >= 11 is 0. The van der Waals surface area contributed by atoms with Gasteiger partial charge in [-0.3, -0.25) is 0 Å². The Morgan fingerprint density at radius 3 is 2.57 bits per heavy atom. The summed E-state index contributed by atoms with van der Waals surface area (Å²) in [5.74, 6) is 0.356. The van der Waals surface area contributed by atoms with Crippen molar-refractivity contribution in [2.75, 3.05) is 24.6 Å². The lowest BCUT2D eigenvalue weighted by atomic mass is 9.98. The molecule has 0 atom stereocenters. The van der Waals surface area contributed by atoms with Gasteiger partial charge in [0.05, 0.1) is 11.4 Å². The predicted molar refractivity (Wildman–Crippen MR) is 83.7 cm³/mol. The molecule has 4 N–H and O–H groups in total. The first-order chi connectivity index (χ1) is 9.80. The van der Waals surface area contributed by atoms with E-state index in [0.717, 1.165) is 0 Å². The molecule has 21 heavy (non-hydrogen) atoms. The Bertz CT molecular complexity index is 542. The molecule has 0 saturated carbocycles. The zero-order chi connectivity index (χ0) is 15.9. The van der Waals surface area contributed by atoms with E-state index >= 15 is 0 Å². The number of aliphatic hydroxyl groups is 1. The molecule has 0 saturated heterocycles. The minimum absolute atomic E-state index is 0.0145. The van der Waals surface area contributed by atoms with Gasteiger partial charge >= 0.3 is 0 Å². The minimum atomic E-state index is -3.48. The summed E-state index contributed by atoms with van der Waals surface area (Å²) in [6, 6.07) is 6.80. The maximum atomic E-state index is 11.8. The summed E-state index contributed by atoms with van der Waals surface area (Å²) in [4.78, 5) is 0. The number of hydrogen-bond acceptors (Lipinski definition) is 5.